The highest BCUT2D eigenvalue weighted by molar-refractivity contribution is 7.21. The molecule has 1 saturated heterocycles. The smallest absolute Gasteiger partial charge is 0.319 e. The second kappa shape index (κ2) is 8.71. The Morgan fingerprint density at radius 3 is 2.71 bits per heavy atom. The van der Waals surface area contributed by atoms with E-state index in [1.54, 1.807) is 11.3 Å². The number of likely N-dealkylation sites (tertiary alicyclic amines) is 1. The van der Waals surface area contributed by atoms with Gasteiger partial charge in [0, 0.05) is 12.1 Å². The lowest BCUT2D eigenvalue weighted by Crippen LogP contribution is -2.34. The summed E-state index contributed by atoms with van der Waals surface area (Å²) in [6.45, 7) is 3.03. The van der Waals surface area contributed by atoms with E-state index in [-0.39, 0.29) is 6.03 Å². The summed E-state index contributed by atoms with van der Waals surface area (Å²) in [5.74, 6) is 0.714. The molecule has 0 aliphatic carbocycles. The average Bonchev–Trinajstić information content (AvgIpc) is 3.14. The molecule has 2 heterocycles. The summed E-state index contributed by atoms with van der Waals surface area (Å²) in [6, 6.07) is 15.8. The molecule has 4 rings (SSSR count). The maximum absolute atomic E-state index is 12.4. The Morgan fingerprint density at radius 1 is 1.14 bits per heavy atom. The lowest BCUT2D eigenvalue weighted by molar-refractivity contribution is 0.211. The van der Waals surface area contributed by atoms with E-state index in [1.807, 2.05) is 42.5 Å². The van der Waals surface area contributed by atoms with Gasteiger partial charge in [0.1, 0.15) is 5.01 Å². The van der Waals surface area contributed by atoms with Crippen molar-refractivity contribution in [1.29, 1.82) is 0 Å². The van der Waals surface area contributed by atoms with E-state index in [0.717, 1.165) is 46.0 Å². The molecule has 5 nitrogen and oxygen atoms in total. The molecule has 0 spiro atoms. The Morgan fingerprint density at radius 2 is 1.89 bits per heavy atom. The van der Waals surface area contributed by atoms with Crippen LogP contribution in [0.5, 0.6) is 0 Å². The number of thiazole rings is 1. The lowest BCUT2D eigenvalue weighted by atomic mass is 9.94. The lowest BCUT2D eigenvalue weighted by Gasteiger charge is -2.28. The molecule has 1 fully saturated rings. The van der Waals surface area contributed by atoms with Gasteiger partial charge in [0.15, 0.2) is 0 Å². The Balaban J connectivity index is 1.37. The minimum absolute atomic E-state index is 0.151. The van der Waals surface area contributed by atoms with Gasteiger partial charge in [-0.1, -0.05) is 24.3 Å². The maximum atomic E-state index is 12.4. The van der Waals surface area contributed by atoms with Gasteiger partial charge in [-0.05, 0) is 69.6 Å². The molecule has 1 aliphatic heterocycles. The Bertz CT molecular complexity index is 913. The molecule has 0 saturated carbocycles. The van der Waals surface area contributed by atoms with E-state index in [2.05, 4.69) is 28.6 Å². The molecule has 0 bridgehead atoms. The zero-order chi connectivity index (χ0) is 19.3. The molecule has 2 N–H and O–H groups in total. The summed E-state index contributed by atoms with van der Waals surface area (Å²) in [6.07, 6.45) is 3.49. The number of amides is 2. The number of aromatic nitrogens is 1. The van der Waals surface area contributed by atoms with Crippen molar-refractivity contribution >= 4 is 33.3 Å². The van der Waals surface area contributed by atoms with Crippen LogP contribution in [0.15, 0.2) is 48.5 Å². The number of anilines is 1. The Hall–Kier alpha value is -2.44. The van der Waals surface area contributed by atoms with E-state index in [0.29, 0.717) is 12.5 Å². The molecule has 2 amide bonds. The third-order valence-corrected chi connectivity index (χ3v) is 6.45. The second-order valence-electron chi connectivity index (χ2n) is 7.45. The molecule has 0 radical (unpaired) electrons. The van der Waals surface area contributed by atoms with Gasteiger partial charge in [0.25, 0.3) is 0 Å². The van der Waals surface area contributed by atoms with Crippen LogP contribution in [0.25, 0.3) is 20.8 Å². The summed E-state index contributed by atoms with van der Waals surface area (Å²) in [7, 11) is 2.17. The fraction of sp³-hybridized carbons (Fsp3) is 0.364. The van der Waals surface area contributed by atoms with Gasteiger partial charge >= 0.3 is 6.03 Å². The number of hydrogen-bond acceptors (Lipinski definition) is 4. The SMILES string of the molecule is CN1CCC(CCNC(=O)Nc2ccccc2-c2nc3ccccc3s2)CC1. The molecular weight excluding hydrogens is 368 g/mol. The van der Waals surface area contributed by atoms with Crippen LogP contribution in [0.3, 0.4) is 0 Å². The topological polar surface area (TPSA) is 57.3 Å². The number of rotatable bonds is 5. The summed E-state index contributed by atoms with van der Waals surface area (Å²) in [4.78, 5) is 19.5. The van der Waals surface area contributed by atoms with Crippen LogP contribution in [0.2, 0.25) is 0 Å². The van der Waals surface area contributed by atoms with Crippen molar-refractivity contribution in [2.24, 2.45) is 5.92 Å². The molecular formula is C22H26N4OS. The van der Waals surface area contributed by atoms with Gasteiger partial charge < -0.3 is 15.5 Å². The van der Waals surface area contributed by atoms with E-state index in [1.165, 1.54) is 12.8 Å². The van der Waals surface area contributed by atoms with Crippen molar-refractivity contribution < 1.29 is 4.79 Å². The van der Waals surface area contributed by atoms with Crippen molar-refractivity contribution in [3.8, 4) is 10.6 Å². The fourth-order valence-corrected chi connectivity index (χ4v) is 4.68. The van der Waals surface area contributed by atoms with Crippen LogP contribution >= 0.6 is 11.3 Å². The Labute approximate surface area is 169 Å². The molecule has 6 heteroatoms. The molecule has 146 valence electrons. The van der Waals surface area contributed by atoms with E-state index >= 15 is 0 Å². The molecule has 28 heavy (non-hydrogen) atoms. The van der Waals surface area contributed by atoms with E-state index < -0.39 is 0 Å². The monoisotopic (exact) mass is 394 g/mol. The second-order valence-corrected chi connectivity index (χ2v) is 8.48. The number of carbonyl (C=O) groups is 1. The minimum Gasteiger partial charge on any atom is -0.338 e. The largest absolute Gasteiger partial charge is 0.338 e. The molecule has 1 aliphatic rings. The predicted octanol–water partition coefficient (Wildman–Crippen LogP) is 4.82. The van der Waals surface area contributed by atoms with Crippen LogP contribution in [-0.2, 0) is 0 Å². The fourth-order valence-electron chi connectivity index (χ4n) is 3.67. The quantitative estimate of drug-likeness (QED) is 0.652. The van der Waals surface area contributed by atoms with Gasteiger partial charge in [-0.15, -0.1) is 11.3 Å². The maximum Gasteiger partial charge on any atom is 0.319 e. The molecule has 0 atom stereocenters. The number of nitrogens with one attached hydrogen (secondary N) is 2. The number of urea groups is 1. The van der Waals surface area contributed by atoms with Gasteiger partial charge in [-0.25, -0.2) is 9.78 Å². The van der Waals surface area contributed by atoms with E-state index in [9.17, 15) is 4.79 Å². The van der Waals surface area contributed by atoms with Gasteiger partial charge in [0.2, 0.25) is 0 Å². The van der Waals surface area contributed by atoms with Crippen LogP contribution in [0, 0.1) is 5.92 Å². The third kappa shape index (κ3) is 4.51. The van der Waals surface area contributed by atoms with Crippen molar-refractivity contribution in [2.45, 2.75) is 19.3 Å². The molecule has 2 aromatic carbocycles. The van der Waals surface area contributed by atoms with Gasteiger partial charge in [-0.3, -0.25) is 0 Å². The first-order valence-electron chi connectivity index (χ1n) is 9.87. The first-order valence-corrected chi connectivity index (χ1v) is 10.7. The number of piperidine rings is 1. The highest BCUT2D eigenvalue weighted by atomic mass is 32.1. The van der Waals surface area contributed by atoms with Crippen LogP contribution < -0.4 is 10.6 Å². The van der Waals surface area contributed by atoms with Crippen molar-refractivity contribution in [3.05, 3.63) is 48.5 Å². The van der Waals surface area contributed by atoms with Crippen molar-refractivity contribution in [1.82, 2.24) is 15.2 Å². The highest BCUT2D eigenvalue weighted by Gasteiger charge is 2.17. The highest BCUT2D eigenvalue weighted by Crippen LogP contribution is 2.34. The first kappa shape index (κ1) is 18.9. The number of benzene rings is 2. The summed E-state index contributed by atoms with van der Waals surface area (Å²) < 4.78 is 1.15. The summed E-state index contributed by atoms with van der Waals surface area (Å²) in [5, 5.41) is 6.94. The van der Waals surface area contributed by atoms with Crippen LogP contribution in [0.1, 0.15) is 19.3 Å². The summed E-state index contributed by atoms with van der Waals surface area (Å²) >= 11 is 1.64. The van der Waals surface area contributed by atoms with Crippen LogP contribution in [0.4, 0.5) is 10.5 Å². The minimum atomic E-state index is -0.151. The zero-order valence-corrected chi connectivity index (χ0v) is 17.0. The summed E-state index contributed by atoms with van der Waals surface area (Å²) in [5.41, 5.74) is 2.73. The van der Waals surface area contributed by atoms with Gasteiger partial charge in [-0.2, -0.15) is 0 Å². The van der Waals surface area contributed by atoms with Crippen LogP contribution in [-0.4, -0.2) is 42.6 Å². The molecule has 1 aromatic heterocycles. The number of nitrogens with zero attached hydrogens (tertiary/aromatic N) is 2. The van der Waals surface area contributed by atoms with Gasteiger partial charge in [0.05, 0.1) is 15.9 Å². The van der Waals surface area contributed by atoms with E-state index in [4.69, 9.17) is 4.98 Å². The Kier molecular flexibility index (Phi) is 5.88. The predicted molar refractivity (Wildman–Crippen MR) is 117 cm³/mol. The normalized spacial score (nSPS) is 15.6. The average molecular weight is 395 g/mol. The first-order chi connectivity index (χ1) is 13.7. The third-order valence-electron chi connectivity index (χ3n) is 5.38. The molecule has 0 unspecified atom stereocenters. The number of para-hydroxylation sites is 2. The van der Waals surface area contributed by atoms with Crippen molar-refractivity contribution in [2.75, 3.05) is 32.0 Å². The standard InChI is InChI=1S/C22H26N4OS/c1-26-14-11-16(12-15-26)10-13-23-22(27)25-18-7-3-2-6-17(18)21-24-19-8-4-5-9-20(19)28-21/h2-9,16H,10-15H2,1H3,(H2,23,25,27). The number of carbonyl (C=O) groups excluding carboxylic acids is 1. The zero-order valence-electron chi connectivity index (χ0n) is 16.1. The van der Waals surface area contributed by atoms with Crippen molar-refractivity contribution in [3.63, 3.8) is 0 Å². The number of fused-ring (bicyclic) bond motifs is 1. The number of hydrogen-bond donors (Lipinski definition) is 2. The molecule has 3 aromatic rings.